The van der Waals surface area contributed by atoms with Gasteiger partial charge in [0.1, 0.15) is 5.82 Å². The average Bonchev–Trinajstić information content (AvgIpc) is 2.39. The van der Waals surface area contributed by atoms with Gasteiger partial charge in [-0.25, -0.2) is 9.97 Å². The van der Waals surface area contributed by atoms with Crippen LogP contribution < -0.4 is 4.90 Å². The Morgan fingerprint density at radius 2 is 2.17 bits per heavy atom. The minimum Gasteiger partial charge on any atom is -0.329 e. The number of aromatic nitrogens is 2. The van der Waals surface area contributed by atoms with E-state index in [-0.39, 0.29) is 5.28 Å². The highest BCUT2D eigenvalue weighted by atomic mass is 35.5. The third-order valence-electron chi connectivity index (χ3n) is 2.49. The predicted octanol–water partition coefficient (Wildman–Crippen LogP) is 2.95. The summed E-state index contributed by atoms with van der Waals surface area (Å²) in [4.78, 5) is 14.0. The van der Waals surface area contributed by atoms with Crippen LogP contribution in [0.15, 0.2) is 41.5 Å². The van der Waals surface area contributed by atoms with E-state index in [9.17, 15) is 0 Å². The second-order valence-electron chi connectivity index (χ2n) is 3.73. The standard InChI is InChI=1S/C13H13ClN4/c1-15-9-10-4-3-5-11(8-10)18(2)12-6-7-16-13(14)17-12/h3-9H,1-2H3. The largest absolute Gasteiger partial charge is 0.329 e. The number of rotatable bonds is 3. The summed E-state index contributed by atoms with van der Waals surface area (Å²) in [6.07, 6.45) is 3.45. The predicted molar refractivity (Wildman–Crippen MR) is 75.1 cm³/mol. The first-order valence-corrected chi connectivity index (χ1v) is 5.83. The summed E-state index contributed by atoms with van der Waals surface area (Å²) in [5.41, 5.74) is 2.06. The van der Waals surface area contributed by atoms with Crippen molar-refractivity contribution in [2.24, 2.45) is 4.99 Å². The molecule has 0 N–H and O–H groups in total. The Balaban J connectivity index is 2.33. The van der Waals surface area contributed by atoms with Gasteiger partial charge in [-0.05, 0) is 35.4 Å². The molecule has 0 radical (unpaired) electrons. The summed E-state index contributed by atoms with van der Waals surface area (Å²) >= 11 is 5.79. The van der Waals surface area contributed by atoms with Gasteiger partial charge in [0.05, 0.1) is 0 Å². The van der Waals surface area contributed by atoms with Crippen LogP contribution in [0.4, 0.5) is 11.5 Å². The van der Waals surface area contributed by atoms with E-state index in [4.69, 9.17) is 11.6 Å². The highest BCUT2D eigenvalue weighted by molar-refractivity contribution is 6.28. The zero-order valence-electron chi connectivity index (χ0n) is 10.2. The summed E-state index contributed by atoms with van der Waals surface area (Å²) in [6.45, 7) is 0. The fraction of sp³-hybridized carbons (Fsp3) is 0.154. The van der Waals surface area contributed by atoms with Crippen molar-refractivity contribution in [3.05, 3.63) is 47.4 Å². The normalized spacial score (nSPS) is 10.8. The Morgan fingerprint density at radius 3 is 2.89 bits per heavy atom. The molecule has 5 heteroatoms. The average molecular weight is 261 g/mol. The molecule has 1 aromatic carbocycles. The van der Waals surface area contributed by atoms with Gasteiger partial charge >= 0.3 is 0 Å². The molecule has 18 heavy (non-hydrogen) atoms. The van der Waals surface area contributed by atoms with Crippen molar-refractivity contribution < 1.29 is 0 Å². The van der Waals surface area contributed by atoms with Gasteiger partial charge in [-0.15, -0.1) is 0 Å². The first kappa shape index (κ1) is 12.5. The molecule has 0 fully saturated rings. The molecule has 1 aromatic heterocycles. The lowest BCUT2D eigenvalue weighted by Gasteiger charge is -2.18. The lowest BCUT2D eigenvalue weighted by molar-refractivity contribution is 1.08. The van der Waals surface area contributed by atoms with E-state index in [1.807, 2.05) is 48.5 Å². The Bertz CT molecular complexity index is 568. The highest BCUT2D eigenvalue weighted by Crippen LogP contribution is 2.22. The van der Waals surface area contributed by atoms with Crippen molar-refractivity contribution in [2.45, 2.75) is 0 Å². The van der Waals surface area contributed by atoms with Gasteiger partial charge < -0.3 is 4.90 Å². The van der Waals surface area contributed by atoms with Crippen LogP contribution in [0, 0.1) is 0 Å². The van der Waals surface area contributed by atoms with Gasteiger partial charge in [-0.1, -0.05) is 12.1 Å². The number of benzene rings is 1. The van der Waals surface area contributed by atoms with E-state index in [1.54, 1.807) is 13.2 Å². The molecule has 2 rings (SSSR count). The fourth-order valence-electron chi connectivity index (χ4n) is 1.61. The van der Waals surface area contributed by atoms with Gasteiger partial charge in [0.2, 0.25) is 5.28 Å². The molecule has 0 spiro atoms. The van der Waals surface area contributed by atoms with Crippen molar-refractivity contribution in [1.29, 1.82) is 0 Å². The molecule has 0 atom stereocenters. The summed E-state index contributed by atoms with van der Waals surface area (Å²) in [5.74, 6) is 0.751. The Kier molecular flexibility index (Phi) is 3.89. The zero-order valence-corrected chi connectivity index (χ0v) is 11.0. The van der Waals surface area contributed by atoms with Crippen molar-refractivity contribution >= 4 is 29.3 Å². The van der Waals surface area contributed by atoms with Crippen LogP contribution in [0.1, 0.15) is 5.56 Å². The smallest absolute Gasteiger partial charge is 0.224 e. The van der Waals surface area contributed by atoms with Crippen LogP contribution >= 0.6 is 11.6 Å². The molecule has 0 amide bonds. The number of nitrogens with zero attached hydrogens (tertiary/aromatic N) is 4. The third-order valence-corrected chi connectivity index (χ3v) is 2.67. The van der Waals surface area contributed by atoms with E-state index in [1.165, 1.54) is 0 Å². The molecular formula is C13H13ClN4. The van der Waals surface area contributed by atoms with E-state index < -0.39 is 0 Å². The summed E-state index contributed by atoms with van der Waals surface area (Å²) < 4.78 is 0. The first-order chi connectivity index (χ1) is 8.70. The third kappa shape index (κ3) is 2.84. The molecule has 92 valence electrons. The summed E-state index contributed by atoms with van der Waals surface area (Å²) in [5, 5.41) is 0.241. The Morgan fingerprint density at radius 1 is 1.33 bits per heavy atom. The molecule has 0 saturated heterocycles. The number of hydrogen-bond donors (Lipinski definition) is 0. The topological polar surface area (TPSA) is 41.4 Å². The molecular weight excluding hydrogens is 248 g/mol. The minimum atomic E-state index is 0.241. The van der Waals surface area contributed by atoms with Crippen LogP contribution in [-0.4, -0.2) is 30.3 Å². The summed E-state index contributed by atoms with van der Waals surface area (Å²) in [6, 6.07) is 9.82. The van der Waals surface area contributed by atoms with Gasteiger partial charge in [-0.3, -0.25) is 4.99 Å². The lowest BCUT2D eigenvalue weighted by Crippen LogP contribution is -2.11. The number of aliphatic imine (C=N–C) groups is 1. The van der Waals surface area contributed by atoms with Crippen LogP contribution in [0.5, 0.6) is 0 Å². The SMILES string of the molecule is CN=Cc1cccc(N(C)c2ccnc(Cl)n2)c1. The fourth-order valence-corrected chi connectivity index (χ4v) is 1.75. The molecule has 0 aliphatic rings. The number of anilines is 2. The monoisotopic (exact) mass is 260 g/mol. The minimum absolute atomic E-state index is 0.241. The van der Waals surface area contributed by atoms with Gasteiger partial charge in [-0.2, -0.15) is 0 Å². The van der Waals surface area contributed by atoms with E-state index in [0.717, 1.165) is 17.1 Å². The molecule has 0 aliphatic heterocycles. The van der Waals surface area contributed by atoms with E-state index in [2.05, 4.69) is 15.0 Å². The Labute approximate surface area is 111 Å². The lowest BCUT2D eigenvalue weighted by atomic mass is 10.2. The highest BCUT2D eigenvalue weighted by Gasteiger charge is 2.06. The van der Waals surface area contributed by atoms with Gasteiger partial charge in [0.25, 0.3) is 0 Å². The van der Waals surface area contributed by atoms with Crippen molar-refractivity contribution in [2.75, 3.05) is 19.0 Å². The van der Waals surface area contributed by atoms with Gasteiger partial charge in [0, 0.05) is 32.2 Å². The molecule has 0 bridgehead atoms. The maximum absolute atomic E-state index is 5.79. The van der Waals surface area contributed by atoms with Crippen LogP contribution in [0.3, 0.4) is 0 Å². The molecule has 2 aromatic rings. The molecule has 4 nitrogen and oxygen atoms in total. The Hall–Kier alpha value is -1.94. The van der Waals surface area contributed by atoms with Crippen LogP contribution in [-0.2, 0) is 0 Å². The van der Waals surface area contributed by atoms with Crippen molar-refractivity contribution in [3.63, 3.8) is 0 Å². The molecule has 0 unspecified atom stereocenters. The molecule has 1 heterocycles. The first-order valence-electron chi connectivity index (χ1n) is 5.45. The number of hydrogen-bond acceptors (Lipinski definition) is 4. The molecule has 0 saturated carbocycles. The van der Waals surface area contributed by atoms with Gasteiger partial charge in [0.15, 0.2) is 0 Å². The summed E-state index contributed by atoms with van der Waals surface area (Å²) in [7, 11) is 3.68. The van der Waals surface area contributed by atoms with Crippen LogP contribution in [0.2, 0.25) is 5.28 Å². The van der Waals surface area contributed by atoms with Crippen molar-refractivity contribution in [3.8, 4) is 0 Å². The quantitative estimate of drug-likeness (QED) is 0.629. The van der Waals surface area contributed by atoms with Crippen molar-refractivity contribution in [1.82, 2.24) is 9.97 Å². The van der Waals surface area contributed by atoms with Crippen LogP contribution in [0.25, 0.3) is 0 Å². The second-order valence-corrected chi connectivity index (χ2v) is 4.06. The van der Waals surface area contributed by atoms with E-state index >= 15 is 0 Å². The molecule has 0 aliphatic carbocycles. The maximum atomic E-state index is 5.79. The number of halogens is 1. The maximum Gasteiger partial charge on any atom is 0.224 e. The zero-order chi connectivity index (χ0) is 13.0. The van der Waals surface area contributed by atoms with E-state index in [0.29, 0.717) is 0 Å². The second kappa shape index (κ2) is 5.60.